The Hall–Kier alpha value is -1.95. The molecule has 18 heavy (non-hydrogen) atoms. The summed E-state index contributed by atoms with van der Waals surface area (Å²) in [6.45, 7) is 0. The fraction of sp³-hybridized carbons (Fsp3) is 0.333. The minimum atomic E-state index is -1.18. The smallest absolute Gasteiger partial charge is 0.320 e. The van der Waals surface area contributed by atoms with Crippen molar-refractivity contribution < 1.29 is 24.2 Å². The van der Waals surface area contributed by atoms with E-state index in [9.17, 15) is 14.0 Å². The minimum absolute atomic E-state index is 0.0257. The van der Waals surface area contributed by atoms with Gasteiger partial charge in [0.15, 0.2) is 0 Å². The molecule has 0 aliphatic heterocycles. The van der Waals surface area contributed by atoms with Crippen LogP contribution in [0.4, 0.5) is 4.39 Å². The van der Waals surface area contributed by atoms with Gasteiger partial charge in [0, 0.05) is 6.42 Å². The van der Waals surface area contributed by atoms with Crippen molar-refractivity contribution >= 4 is 11.9 Å². The highest BCUT2D eigenvalue weighted by atomic mass is 19.1. The van der Waals surface area contributed by atoms with Gasteiger partial charge in [-0.15, -0.1) is 0 Å². The molecule has 1 unspecified atom stereocenters. The summed E-state index contributed by atoms with van der Waals surface area (Å²) >= 11 is 0. The lowest BCUT2D eigenvalue weighted by atomic mass is 9.97. The van der Waals surface area contributed by atoms with Gasteiger partial charge in [-0.3, -0.25) is 9.59 Å². The number of carboxylic acid groups (broad SMARTS) is 2. The van der Waals surface area contributed by atoms with Crippen LogP contribution in [0.1, 0.15) is 17.5 Å². The maximum absolute atomic E-state index is 13.1. The Bertz CT molecular complexity index is 461. The number of carboxylic acids is 2. The van der Waals surface area contributed by atoms with Gasteiger partial charge in [0.1, 0.15) is 11.9 Å². The van der Waals surface area contributed by atoms with E-state index < -0.39 is 23.8 Å². The molecule has 0 spiro atoms. The molecule has 1 aromatic rings. The van der Waals surface area contributed by atoms with Crippen LogP contribution in [0.25, 0.3) is 0 Å². The van der Waals surface area contributed by atoms with E-state index in [1.807, 2.05) is 0 Å². The molecule has 0 saturated carbocycles. The second-order valence-electron chi connectivity index (χ2n) is 3.96. The zero-order valence-corrected chi connectivity index (χ0v) is 9.60. The highest BCUT2D eigenvalue weighted by Gasteiger charge is 2.15. The first-order valence-electron chi connectivity index (χ1n) is 5.37. The monoisotopic (exact) mass is 255 g/mol. The fourth-order valence-corrected chi connectivity index (χ4v) is 1.59. The van der Waals surface area contributed by atoms with Gasteiger partial charge in [0.25, 0.3) is 0 Å². The molecule has 0 aromatic heterocycles. The molecule has 0 saturated heterocycles. The van der Waals surface area contributed by atoms with Crippen LogP contribution >= 0.6 is 0 Å². The van der Waals surface area contributed by atoms with E-state index in [4.69, 9.17) is 15.9 Å². The van der Waals surface area contributed by atoms with Crippen LogP contribution in [-0.4, -0.2) is 28.2 Å². The van der Waals surface area contributed by atoms with Crippen molar-refractivity contribution in [2.75, 3.05) is 0 Å². The van der Waals surface area contributed by atoms with E-state index in [-0.39, 0.29) is 19.3 Å². The van der Waals surface area contributed by atoms with Crippen molar-refractivity contribution in [3.05, 3.63) is 35.1 Å². The summed E-state index contributed by atoms with van der Waals surface area (Å²) in [6.07, 6.45) is 0.0975. The second-order valence-corrected chi connectivity index (χ2v) is 3.96. The van der Waals surface area contributed by atoms with Crippen molar-refractivity contribution in [1.82, 2.24) is 0 Å². The number of aliphatic carboxylic acids is 2. The van der Waals surface area contributed by atoms with Crippen LogP contribution in [0.5, 0.6) is 0 Å². The van der Waals surface area contributed by atoms with Crippen molar-refractivity contribution in [2.24, 2.45) is 5.73 Å². The van der Waals surface area contributed by atoms with Crippen molar-refractivity contribution in [3.8, 4) is 0 Å². The van der Waals surface area contributed by atoms with E-state index >= 15 is 0 Å². The van der Waals surface area contributed by atoms with Crippen LogP contribution in [0.15, 0.2) is 18.2 Å². The first-order valence-corrected chi connectivity index (χ1v) is 5.37. The maximum atomic E-state index is 13.1. The zero-order chi connectivity index (χ0) is 13.7. The number of carbonyl (C=O) groups is 2. The number of hydrogen-bond acceptors (Lipinski definition) is 3. The Balaban J connectivity index is 2.89. The topological polar surface area (TPSA) is 101 Å². The van der Waals surface area contributed by atoms with Gasteiger partial charge in [0.05, 0.1) is 0 Å². The zero-order valence-electron chi connectivity index (χ0n) is 9.60. The van der Waals surface area contributed by atoms with Crippen LogP contribution in [0, 0.1) is 5.82 Å². The number of rotatable bonds is 6. The van der Waals surface area contributed by atoms with Crippen molar-refractivity contribution in [3.63, 3.8) is 0 Å². The standard InChI is InChI=1S/C12H14FNO4/c13-9-3-1-7(2-4-11(15)16)8(5-9)6-10(14)12(17)18/h1,3,5,10H,2,4,6,14H2,(H,15,16)(H,17,18). The Morgan fingerprint density at radius 1 is 1.28 bits per heavy atom. The lowest BCUT2D eigenvalue weighted by Crippen LogP contribution is -2.32. The third-order valence-corrected chi connectivity index (χ3v) is 2.53. The minimum Gasteiger partial charge on any atom is -0.481 e. The molecule has 0 bridgehead atoms. The van der Waals surface area contributed by atoms with Crippen molar-refractivity contribution in [1.29, 1.82) is 0 Å². The fourth-order valence-electron chi connectivity index (χ4n) is 1.59. The average molecular weight is 255 g/mol. The number of halogens is 1. The van der Waals surface area contributed by atoms with E-state index in [1.165, 1.54) is 18.2 Å². The highest BCUT2D eigenvalue weighted by molar-refractivity contribution is 5.73. The van der Waals surface area contributed by atoms with Gasteiger partial charge >= 0.3 is 11.9 Å². The van der Waals surface area contributed by atoms with Crippen LogP contribution in [0.3, 0.4) is 0 Å². The third-order valence-electron chi connectivity index (χ3n) is 2.53. The summed E-state index contributed by atoms with van der Waals surface area (Å²) in [5.41, 5.74) is 6.43. The van der Waals surface area contributed by atoms with E-state index in [0.29, 0.717) is 11.1 Å². The summed E-state index contributed by atoms with van der Waals surface area (Å²) in [6, 6.07) is 2.74. The quantitative estimate of drug-likeness (QED) is 0.698. The second kappa shape index (κ2) is 6.11. The Labute approximate surface area is 103 Å². The predicted molar refractivity (Wildman–Crippen MR) is 61.7 cm³/mol. The normalized spacial score (nSPS) is 12.1. The Morgan fingerprint density at radius 2 is 1.94 bits per heavy atom. The third kappa shape index (κ3) is 4.14. The van der Waals surface area contributed by atoms with Gasteiger partial charge in [-0.2, -0.15) is 0 Å². The lowest BCUT2D eigenvalue weighted by Gasteiger charge is -2.11. The molecule has 0 aliphatic rings. The lowest BCUT2D eigenvalue weighted by molar-refractivity contribution is -0.139. The van der Waals surface area contributed by atoms with E-state index in [1.54, 1.807) is 0 Å². The van der Waals surface area contributed by atoms with Gasteiger partial charge < -0.3 is 15.9 Å². The summed E-state index contributed by atoms with van der Waals surface area (Å²) in [5.74, 6) is -2.64. The van der Waals surface area contributed by atoms with E-state index in [0.717, 1.165) is 0 Å². The molecule has 4 N–H and O–H groups in total. The molecule has 0 radical (unpaired) electrons. The summed E-state index contributed by atoms with van der Waals surface area (Å²) < 4.78 is 13.1. The Morgan fingerprint density at radius 3 is 2.50 bits per heavy atom. The highest BCUT2D eigenvalue weighted by Crippen LogP contribution is 2.15. The van der Waals surface area contributed by atoms with Crippen LogP contribution in [-0.2, 0) is 22.4 Å². The molecule has 6 heteroatoms. The molecule has 0 heterocycles. The molecule has 0 aliphatic carbocycles. The number of benzene rings is 1. The first kappa shape index (κ1) is 14.1. The molecule has 0 fully saturated rings. The number of nitrogens with two attached hydrogens (primary N) is 1. The molecule has 0 amide bonds. The summed E-state index contributed by atoms with van der Waals surface area (Å²) in [5, 5.41) is 17.3. The Kier molecular flexibility index (Phi) is 4.79. The molecule has 1 aromatic carbocycles. The van der Waals surface area contributed by atoms with Gasteiger partial charge in [-0.25, -0.2) is 4.39 Å². The molecular formula is C12H14FNO4. The SMILES string of the molecule is NC(Cc1cc(F)ccc1CCC(=O)O)C(=O)O. The first-order chi connectivity index (χ1) is 8.40. The molecule has 1 atom stereocenters. The number of hydrogen-bond donors (Lipinski definition) is 3. The molecule has 98 valence electrons. The molecular weight excluding hydrogens is 241 g/mol. The molecule has 5 nitrogen and oxygen atoms in total. The largest absolute Gasteiger partial charge is 0.481 e. The molecule has 1 rings (SSSR count). The summed E-state index contributed by atoms with van der Waals surface area (Å²) in [7, 11) is 0. The van der Waals surface area contributed by atoms with Gasteiger partial charge in [0.2, 0.25) is 0 Å². The maximum Gasteiger partial charge on any atom is 0.320 e. The van der Waals surface area contributed by atoms with Gasteiger partial charge in [-0.05, 0) is 36.1 Å². The van der Waals surface area contributed by atoms with Gasteiger partial charge in [-0.1, -0.05) is 6.07 Å². The number of aryl methyl sites for hydroxylation is 1. The van der Waals surface area contributed by atoms with Crippen molar-refractivity contribution in [2.45, 2.75) is 25.3 Å². The summed E-state index contributed by atoms with van der Waals surface area (Å²) in [4.78, 5) is 21.1. The van der Waals surface area contributed by atoms with Crippen LogP contribution < -0.4 is 5.73 Å². The van der Waals surface area contributed by atoms with Crippen LogP contribution in [0.2, 0.25) is 0 Å². The van der Waals surface area contributed by atoms with E-state index in [2.05, 4.69) is 0 Å². The average Bonchev–Trinajstić information content (AvgIpc) is 2.27. The predicted octanol–water partition coefficient (Wildman–Crippen LogP) is 0.797.